The number of nitrogens with zero attached hydrogens (tertiary/aromatic N) is 2. The molecule has 3 aromatic rings. The lowest BCUT2D eigenvalue weighted by Crippen LogP contribution is -2.03. The molecule has 0 bridgehead atoms. The first kappa shape index (κ1) is 18.9. The molecule has 0 aliphatic rings. The van der Waals surface area contributed by atoms with Crippen molar-refractivity contribution >= 4 is 29.5 Å². The molecule has 0 unspecified atom stereocenters. The minimum absolute atomic E-state index is 0.341. The molecule has 0 amide bonds. The molecule has 138 valence electrons. The number of esters is 1. The van der Waals surface area contributed by atoms with Crippen LogP contribution in [0.4, 0.5) is 5.69 Å². The molecule has 0 saturated carbocycles. The largest absolute Gasteiger partial charge is 0.465 e. The van der Waals surface area contributed by atoms with E-state index in [1.165, 1.54) is 7.11 Å². The van der Waals surface area contributed by atoms with Crippen LogP contribution < -0.4 is 0 Å². The lowest BCUT2D eigenvalue weighted by molar-refractivity contribution is 0.0601. The fourth-order valence-corrected chi connectivity index (χ4v) is 3.21. The molecule has 27 heavy (non-hydrogen) atoms. The quantitative estimate of drug-likeness (QED) is 0.437. The number of rotatable bonds is 4. The van der Waals surface area contributed by atoms with E-state index in [1.54, 1.807) is 12.1 Å². The number of halogens is 1. The Morgan fingerprint density at radius 1 is 1.07 bits per heavy atom. The van der Waals surface area contributed by atoms with Crippen molar-refractivity contribution in [2.45, 2.75) is 20.8 Å². The van der Waals surface area contributed by atoms with Gasteiger partial charge in [-0.1, -0.05) is 17.7 Å². The second-order valence-corrected chi connectivity index (χ2v) is 6.83. The highest BCUT2D eigenvalue weighted by atomic mass is 35.5. The van der Waals surface area contributed by atoms with Crippen LogP contribution in [0.15, 0.2) is 53.5 Å². The van der Waals surface area contributed by atoms with Gasteiger partial charge in [0.05, 0.1) is 18.4 Å². The van der Waals surface area contributed by atoms with E-state index < -0.39 is 0 Å². The average molecular weight is 381 g/mol. The maximum absolute atomic E-state index is 11.6. The molecule has 3 rings (SSSR count). The van der Waals surface area contributed by atoms with E-state index >= 15 is 0 Å². The zero-order valence-electron chi connectivity index (χ0n) is 15.8. The predicted molar refractivity (Wildman–Crippen MR) is 110 cm³/mol. The van der Waals surface area contributed by atoms with Gasteiger partial charge in [-0.25, -0.2) is 4.79 Å². The van der Waals surface area contributed by atoms with Crippen LogP contribution in [-0.2, 0) is 4.74 Å². The smallest absolute Gasteiger partial charge is 0.337 e. The van der Waals surface area contributed by atoms with E-state index in [1.807, 2.05) is 57.3 Å². The summed E-state index contributed by atoms with van der Waals surface area (Å²) in [6, 6.07) is 15.1. The Bertz CT molecular complexity index is 1020. The Kier molecular flexibility index (Phi) is 5.47. The molecule has 2 aromatic carbocycles. The number of carbonyl (C=O) groups is 1. The van der Waals surface area contributed by atoms with E-state index in [0.29, 0.717) is 10.6 Å². The third-order valence-corrected chi connectivity index (χ3v) is 4.77. The van der Waals surface area contributed by atoms with Crippen molar-refractivity contribution in [3.8, 4) is 5.69 Å². The number of hydrogen-bond donors (Lipinski definition) is 0. The number of carbonyl (C=O) groups excluding carboxylic acids is 1. The fraction of sp³-hybridized carbons (Fsp3) is 0.182. The van der Waals surface area contributed by atoms with Gasteiger partial charge >= 0.3 is 5.97 Å². The van der Waals surface area contributed by atoms with Crippen LogP contribution in [0.1, 0.15) is 32.9 Å². The van der Waals surface area contributed by atoms with E-state index in [4.69, 9.17) is 16.3 Å². The number of benzene rings is 2. The van der Waals surface area contributed by atoms with Gasteiger partial charge in [-0.2, -0.15) is 0 Å². The normalized spacial score (nSPS) is 11.1. The molecule has 0 aliphatic heterocycles. The molecule has 4 nitrogen and oxygen atoms in total. The summed E-state index contributed by atoms with van der Waals surface area (Å²) in [5.41, 5.74) is 6.63. The standard InChI is InChI=1S/C22H21ClN2O2/c1-14-5-8-19(23)12-21(14)24-13-18-11-15(2)25(16(18)3)20-9-6-17(7-10-20)22(26)27-4/h5-13H,1-4H3. The van der Waals surface area contributed by atoms with Gasteiger partial charge in [-0.05, 0) is 68.8 Å². The molecular weight excluding hydrogens is 360 g/mol. The lowest BCUT2D eigenvalue weighted by atomic mass is 10.2. The molecule has 5 heteroatoms. The van der Waals surface area contributed by atoms with Gasteiger partial charge in [-0.15, -0.1) is 0 Å². The van der Waals surface area contributed by atoms with Crippen molar-refractivity contribution in [2.24, 2.45) is 4.99 Å². The van der Waals surface area contributed by atoms with Crippen LogP contribution in [0.25, 0.3) is 5.69 Å². The molecule has 0 radical (unpaired) electrons. The summed E-state index contributed by atoms with van der Waals surface area (Å²) in [5, 5.41) is 0.670. The minimum Gasteiger partial charge on any atom is -0.465 e. The van der Waals surface area contributed by atoms with Crippen LogP contribution >= 0.6 is 11.6 Å². The Morgan fingerprint density at radius 3 is 2.44 bits per heavy atom. The third kappa shape index (κ3) is 3.96. The fourth-order valence-electron chi connectivity index (χ4n) is 3.04. The molecule has 1 aromatic heterocycles. The van der Waals surface area contributed by atoms with Crippen LogP contribution in [-0.4, -0.2) is 23.9 Å². The summed E-state index contributed by atoms with van der Waals surface area (Å²) in [4.78, 5) is 16.2. The van der Waals surface area contributed by atoms with Crippen molar-refractivity contribution in [1.29, 1.82) is 0 Å². The molecule has 1 heterocycles. The molecule has 0 fully saturated rings. The zero-order valence-corrected chi connectivity index (χ0v) is 16.5. The van der Waals surface area contributed by atoms with Gasteiger partial charge in [0.15, 0.2) is 0 Å². The van der Waals surface area contributed by atoms with Gasteiger partial charge in [0.2, 0.25) is 0 Å². The Labute approximate surface area is 164 Å². The maximum atomic E-state index is 11.6. The molecular formula is C22H21ClN2O2. The summed E-state index contributed by atoms with van der Waals surface area (Å²) in [7, 11) is 1.38. The summed E-state index contributed by atoms with van der Waals surface area (Å²) in [5.74, 6) is -0.341. The summed E-state index contributed by atoms with van der Waals surface area (Å²) < 4.78 is 6.89. The van der Waals surface area contributed by atoms with Crippen molar-refractivity contribution in [1.82, 2.24) is 4.57 Å². The Balaban J connectivity index is 1.94. The highest BCUT2D eigenvalue weighted by molar-refractivity contribution is 6.30. The third-order valence-electron chi connectivity index (χ3n) is 4.53. The predicted octanol–water partition coefficient (Wildman–Crippen LogP) is 5.59. The Morgan fingerprint density at radius 2 is 1.78 bits per heavy atom. The summed E-state index contributed by atoms with van der Waals surface area (Å²) in [6.07, 6.45) is 1.86. The SMILES string of the molecule is COC(=O)c1ccc(-n2c(C)cc(C=Nc3cc(Cl)ccc3C)c2C)cc1. The van der Waals surface area contributed by atoms with E-state index in [0.717, 1.165) is 33.9 Å². The van der Waals surface area contributed by atoms with Crippen molar-refractivity contribution in [3.05, 3.63) is 81.6 Å². The van der Waals surface area contributed by atoms with Crippen molar-refractivity contribution in [3.63, 3.8) is 0 Å². The summed E-state index contributed by atoms with van der Waals surface area (Å²) >= 11 is 6.07. The highest BCUT2D eigenvalue weighted by Crippen LogP contribution is 2.24. The number of methoxy groups -OCH3 is 1. The van der Waals surface area contributed by atoms with Crippen molar-refractivity contribution in [2.75, 3.05) is 7.11 Å². The molecule has 0 N–H and O–H groups in total. The first-order valence-corrected chi connectivity index (χ1v) is 8.96. The Hall–Kier alpha value is -2.85. The molecule has 0 atom stereocenters. The van der Waals surface area contributed by atoms with Gasteiger partial charge in [0.25, 0.3) is 0 Å². The monoisotopic (exact) mass is 380 g/mol. The van der Waals surface area contributed by atoms with Gasteiger partial charge in [-0.3, -0.25) is 4.99 Å². The van der Waals surface area contributed by atoms with E-state index in [-0.39, 0.29) is 5.97 Å². The van der Waals surface area contributed by atoms with Gasteiger partial charge < -0.3 is 9.30 Å². The summed E-state index contributed by atoms with van der Waals surface area (Å²) in [6.45, 7) is 6.10. The number of aryl methyl sites for hydroxylation is 2. The number of aromatic nitrogens is 1. The second-order valence-electron chi connectivity index (χ2n) is 6.39. The highest BCUT2D eigenvalue weighted by Gasteiger charge is 2.11. The average Bonchev–Trinajstić information content (AvgIpc) is 2.95. The van der Waals surface area contributed by atoms with Crippen LogP contribution in [0.5, 0.6) is 0 Å². The van der Waals surface area contributed by atoms with Crippen LogP contribution in [0, 0.1) is 20.8 Å². The van der Waals surface area contributed by atoms with Gasteiger partial charge in [0.1, 0.15) is 0 Å². The van der Waals surface area contributed by atoms with E-state index in [9.17, 15) is 4.79 Å². The second kappa shape index (κ2) is 7.80. The van der Waals surface area contributed by atoms with Crippen LogP contribution in [0.3, 0.4) is 0 Å². The lowest BCUT2D eigenvalue weighted by Gasteiger charge is -2.10. The van der Waals surface area contributed by atoms with Gasteiger partial charge in [0, 0.05) is 33.9 Å². The zero-order chi connectivity index (χ0) is 19.6. The van der Waals surface area contributed by atoms with E-state index in [2.05, 4.69) is 15.6 Å². The minimum atomic E-state index is -0.341. The van der Waals surface area contributed by atoms with Crippen LogP contribution in [0.2, 0.25) is 5.02 Å². The van der Waals surface area contributed by atoms with Crippen molar-refractivity contribution < 1.29 is 9.53 Å². The molecule has 0 spiro atoms. The molecule has 0 saturated heterocycles. The molecule has 0 aliphatic carbocycles. The number of hydrogen-bond acceptors (Lipinski definition) is 3. The topological polar surface area (TPSA) is 43.6 Å². The number of aliphatic imine (C=N–C) groups is 1. The first-order chi connectivity index (χ1) is 12.9. The maximum Gasteiger partial charge on any atom is 0.337 e. The number of ether oxygens (including phenoxy) is 1. The first-order valence-electron chi connectivity index (χ1n) is 8.58.